The van der Waals surface area contributed by atoms with Crippen LogP contribution >= 0.6 is 11.8 Å². The third-order valence-electron chi connectivity index (χ3n) is 4.41. The lowest BCUT2D eigenvalue weighted by Gasteiger charge is -2.27. The zero-order chi connectivity index (χ0) is 18.7. The number of likely N-dealkylation sites (tertiary alicyclic amines) is 1. The summed E-state index contributed by atoms with van der Waals surface area (Å²) in [4.78, 5) is 39.9. The van der Waals surface area contributed by atoms with Crippen molar-refractivity contribution in [3.63, 3.8) is 0 Å². The first-order valence-electron chi connectivity index (χ1n) is 8.40. The lowest BCUT2D eigenvalue weighted by molar-refractivity contribution is -0.136. The van der Waals surface area contributed by atoms with Gasteiger partial charge in [0, 0.05) is 18.7 Å². The highest BCUT2D eigenvalue weighted by atomic mass is 32.2. The van der Waals surface area contributed by atoms with Crippen molar-refractivity contribution < 1.29 is 24.2 Å². The highest BCUT2D eigenvalue weighted by Gasteiger charge is 2.37. The van der Waals surface area contributed by atoms with E-state index in [-0.39, 0.29) is 28.9 Å². The largest absolute Gasteiger partial charge is 0.504 e. The number of aromatic hydroxyl groups is 1. The molecule has 2 saturated heterocycles. The quantitative estimate of drug-likeness (QED) is 0.812. The van der Waals surface area contributed by atoms with E-state index < -0.39 is 11.1 Å². The van der Waals surface area contributed by atoms with Crippen molar-refractivity contribution in [3.05, 3.63) is 28.7 Å². The van der Waals surface area contributed by atoms with E-state index in [0.717, 1.165) is 35.9 Å². The van der Waals surface area contributed by atoms with E-state index >= 15 is 0 Å². The van der Waals surface area contributed by atoms with Crippen LogP contribution in [0.15, 0.2) is 23.1 Å². The minimum Gasteiger partial charge on any atom is -0.504 e. The van der Waals surface area contributed by atoms with Crippen LogP contribution < -0.4 is 4.74 Å². The Balaban J connectivity index is 1.75. The molecule has 2 aliphatic rings. The summed E-state index contributed by atoms with van der Waals surface area (Å²) in [5, 5.41) is 9.66. The van der Waals surface area contributed by atoms with Gasteiger partial charge in [0.05, 0.1) is 12.0 Å². The van der Waals surface area contributed by atoms with Crippen molar-refractivity contribution in [2.24, 2.45) is 0 Å². The summed E-state index contributed by atoms with van der Waals surface area (Å²) in [7, 11) is 1.43. The zero-order valence-corrected chi connectivity index (χ0v) is 15.3. The van der Waals surface area contributed by atoms with Crippen LogP contribution in [0.3, 0.4) is 0 Å². The first-order valence-corrected chi connectivity index (χ1v) is 9.22. The molecule has 2 aliphatic heterocycles. The molecule has 1 aromatic carbocycles. The van der Waals surface area contributed by atoms with E-state index in [1.165, 1.54) is 13.2 Å². The molecule has 1 N–H and O–H groups in total. The first kappa shape index (κ1) is 18.3. The number of hydrogen-bond donors (Lipinski definition) is 1. The highest BCUT2D eigenvalue weighted by Crippen LogP contribution is 2.36. The van der Waals surface area contributed by atoms with Gasteiger partial charge < -0.3 is 14.7 Å². The van der Waals surface area contributed by atoms with Crippen molar-refractivity contribution in [1.82, 2.24) is 9.80 Å². The van der Waals surface area contributed by atoms with Crippen LogP contribution in [0.5, 0.6) is 11.5 Å². The molecule has 0 unspecified atom stereocenters. The van der Waals surface area contributed by atoms with Gasteiger partial charge in [-0.2, -0.15) is 0 Å². The molecule has 0 saturated carbocycles. The molecule has 0 radical (unpaired) electrons. The lowest BCUT2D eigenvalue weighted by atomic mass is 10.1. The number of benzene rings is 1. The lowest BCUT2D eigenvalue weighted by Crippen LogP contribution is -2.44. The molecule has 3 amide bonds. The van der Waals surface area contributed by atoms with E-state index in [9.17, 15) is 19.5 Å². The molecule has 0 spiro atoms. The number of rotatable bonds is 4. The maximum Gasteiger partial charge on any atom is 0.294 e. The van der Waals surface area contributed by atoms with Gasteiger partial charge in [0.1, 0.15) is 6.54 Å². The summed E-state index contributed by atoms with van der Waals surface area (Å²) in [5.74, 6) is -0.561. The van der Waals surface area contributed by atoms with Gasteiger partial charge in [-0.3, -0.25) is 19.3 Å². The molecule has 7 nitrogen and oxygen atoms in total. The van der Waals surface area contributed by atoms with Gasteiger partial charge in [-0.15, -0.1) is 0 Å². The summed E-state index contributed by atoms with van der Waals surface area (Å²) in [5.41, 5.74) is 0.372. The molecule has 0 atom stereocenters. The van der Waals surface area contributed by atoms with E-state index in [1.54, 1.807) is 23.1 Å². The summed E-state index contributed by atoms with van der Waals surface area (Å²) in [6.07, 6.45) is 4.43. The van der Waals surface area contributed by atoms with Crippen LogP contribution in [0.1, 0.15) is 24.8 Å². The number of amides is 3. The second-order valence-electron chi connectivity index (χ2n) is 6.11. The number of phenols is 1. The second kappa shape index (κ2) is 7.82. The van der Waals surface area contributed by atoms with Crippen molar-refractivity contribution in [3.8, 4) is 11.5 Å². The number of piperidine rings is 1. The number of thioether (sulfide) groups is 1. The smallest absolute Gasteiger partial charge is 0.294 e. The molecular weight excluding hydrogens is 356 g/mol. The van der Waals surface area contributed by atoms with Crippen LogP contribution in [0.25, 0.3) is 6.08 Å². The molecule has 0 aliphatic carbocycles. The molecule has 2 fully saturated rings. The van der Waals surface area contributed by atoms with Crippen molar-refractivity contribution >= 4 is 34.9 Å². The van der Waals surface area contributed by atoms with Gasteiger partial charge in [0.25, 0.3) is 11.1 Å². The summed E-state index contributed by atoms with van der Waals surface area (Å²) in [6.45, 7) is 1.09. The fourth-order valence-electron chi connectivity index (χ4n) is 2.98. The van der Waals surface area contributed by atoms with Crippen molar-refractivity contribution in [1.29, 1.82) is 0 Å². The maximum atomic E-state index is 12.5. The molecule has 2 heterocycles. The Bertz CT molecular complexity index is 771. The second-order valence-corrected chi connectivity index (χ2v) is 7.10. The zero-order valence-electron chi connectivity index (χ0n) is 14.4. The molecular formula is C18H20N2O5S. The number of imide groups is 1. The van der Waals surface area contributed by atoms with Gasteiger partial charge in [0.2, 0.25) is 5.91 Å². The van der Waals surface area contributed by atoms with Crippen molar-refractivity contribution in [2.45, 2.75) is 19.3 Å². The number of ether oxygens (including phenoxy) is 1. The molecule has 26 heavy (non-hydrogen) atoms. The number of para-hydroxylation sites is 1. The molecule has 138 valence electrons. The Morgan fingerprint density at radius 2 is 2.00 bits per heavy atom. The van der Waals surface area contributed by atoms with Crippen molar-refractivity contribution in [2.75, 3.05) is 26.7 Å². The van der Waals surface area contributed by atoms with Crippen LogP contribution in [0.4, 0.5) is 4.79 Å². The molecule has 0 aromatic heterocycles. The Morgan fingerprint density at radius 3 is 2.69 bits per heavy atom. The Morgan fingerprint density at radius 1 is 1.27 bits per heavy atom. The SMILES string of the molecule is COc1cccc(/C=C2/SC(=O)N(CC(=O)N3CCCCC3)C2=O)c1O. The van der Waals surface area contributed by atoms with Gasteiger partial charge in [-0.25, -0.2) is 0 Å². The van der Waals surface area contributed by atoms with Gasteiger partial charge in [0.15, 0.2) is 11.5 Å². The average Bonchev–Trinajstić information content (AvgIpc) is 2.91. The van der Waals surface area contributed by atoms with Gasteiger partial charge in [-0.05, 0) is 43.2 Å². The number of methoxy groups -OCH3 is 1. The highest BCUT2D eigenvalue weighted by molar-refractivity contribution is 8.18. The minimum absolute atomic E-state index is 0.105. The number of nitrogens with zero attached hydrogens (tertiary/aromatic N) is 2. The molecule has 1 aromatic rings. The Hall–Kier alpha value is -2.48. The number of phenolic OH excluding ortho intramolecular Hbond substituents is 1. The minimum atomic E-state index is -0.521. The van der Waals surface area contributed by atoms with E-state index in [2.05, 4.69) is 0 Å². The van der Waals surface area contributed by atoms with Crippen LogP contribution in [-0.4, -0.2) is 58.7 Å². The fraction of sp³-hybridized carbons (Fsp3) is 0.389. The maximum absolute atomic E-state index is 12.5. The normalized spacial score (nSPS) is 19.3. The topological polar surface area (TPSA) is 87.2 Å². The van der Waals surface area contributed by atoms with E-state index in [4.69, 9.17) is 4.74 Å². The average molecular weight is 376 g/mol. The standard InChI is InChI=1S/C18H20N2O5S/c1-25-13-7-5-6-12(16(13)22)10-14-17(23)20(18(24)26-14)11-15(21)19-8-3-2-4-9-19/h5-7,10,22H,2-4,8-9,11H2,1H3/b14-10+. The summed E-state index contributed by atoms with van der Waals surface area (Å²) < 4.78 is 5.04. The number of carbonyl (C=O) groups excluding carboxylic acids is 3. The Kier molecular flexibility index (Phi) is 5.51. The third-order valence-corrected chi connectivity index (χ3v) is 5.32. The predicted molar refractivity (Wildman–Crippen MR) is 97.8 cm³/mol. The Labute approximate surface area is 155 Å². The van der Waals surface area contributed by atoms with E-state index in [1.807, 2.05) is 0 Å². The third kappa shape index (κ3) is 3.70. The van der Waals surface area contributed by atoms with Gasteiger partial charge >= 0.3 is 0 Å². The summed E-state index contributed by atoms with van der Waals surface area (Å²) in [6, 6.07) is 4.88. The van der Waals surface area contributed by atoms with Crippen LogP contribution in [-0.2, 0) is 9.59 Å². The van der Waals surface area contributed by atoms with Crippen LogP contribution in [0.2, 0.25) is 0 Å². The van der Waals surface area contributed by atoms with E-state index in [0.29, 0.717) is 18.7 Å². The first-order chi connectivity index (χ1) is 12.5. The number of hydrogen-bond acceptors (Lipinski definition) is 6. The van der Waals surface area contributed by atoms with Gasteiger partial charge in [-0.1, -0.05) is 12.1 Å². The predicted octanol–water partition coefficient (Wildman–Crippen LogP) is 2.45. The van der Waals surface area contributed by atoms with Crippen LogP contribution in [0, 0.1) is 0 Å². The monoisotopic (exact) mass is 376 g/mol. The number of carbonyl (C=O) groups is 3. The molecule has 0 bridgehead atoms. The summed E-state index contributed by atoms with van der Waals surface area (Å²) >= 11 is 0.763. The molecule has 8 heteroatoms. The molecule has 3 rings (SSSR count). The fourth-order valence-corrected chi connectivity index (χ4v) is 3.81.